The van der Waals surface area contributed by atoms with Crippen LogP contribution in [-0.2, 0) is 4.79 Å². The molecule has 1 fully saturated rings. The topological polar surface area (TPSA) is 33.2 Å². The minimum absolute atomic E-state index is 0.00954. The van der Waals surface area contributed by atoms with E-state index in [9.17, 15) is 4.79 Å². The molecule has 2 heterocycles. The minimum Gasteiger partial charge on any atom is -0.302 e. The van der Waals surface area contributed by atoms with Crippen LogP contribution in [-0.4, -0.2) is 10.9 Å². The zero-order chi connectivity index (χ0) is 15.6. The van der Waals surface area contributed by atoms with Gasteiger partial charge in [0.05, 0.1) is 23.8 Å². The molecule has 0 aliphatic carbocycles. The van der Waals surface area contributed by atoms with E-state index in [4.69, 9.17) is 0 Å². The Balaban J connectivity index is 1.78. The molecule has 3 aromatic rings. The molecule has 1 aliphatic rings. The molecule has 3 heteroatoms. The van der Waals surface area contributed by atoms with Gasteiger partial charge in [-0.3, -0.25) is 9.78 Å². The number of hydrogen-bond donors (Lipinski definition) is 0. The van der Waals surface area contributed by atoms with Gasteiger partial charge in [0.2, 0.25) is 5.91 Å². The largest absolute Gasteiger partial charge is 0.302 e. The molecule has 112 valence electrons. The van der Waals surface area contributed by atoms with Crippen molar-refractivity contribution in [2.45, 2.75) is 12.0 Å². The smallest absolute Gasteiger partial charge is 0.237 e. The maximum absolute atomic E-state index is 12.8. The van der Waals surface area contributed by atoms with Crippen molar-refractivity contribution in [2.75, 3.05) is 4.90 Å². The van der Waals surface area contributed by atoms with Gasteiger partial charge < -0.3 is 4.90 Å². The van der Waals surface area contributed by atoms with E-state index in [1.165, 1.54) is 0 Å². The summed E-state index contributed by atoms with van der Waals surface area (Å²) in [6.07, 6.45) is 3.47. The number of hydrogen-bond acceptors (Lipinski definition) is 2. The SMILES string of the molecule is O=C1C(c2ccccc2)C(c2ccccc2)N1c1cccnc1. The van der Waals surface area contributed by atoms with Crippen molar-refractivity contribution < 1.29 is 4.79 Å². The quantitative estimate of drug-likeness (QED) is 0.686. The first kappa shape index (κ1) is 13.7. The predicted molar refractivity (Wildman–Crippen MR) is 90.1 cm³/mol. The fourth-order valence-electron chi connectivity index (χ4n) is 3.25. The summed E-state index contributed by atoms with van der Waals surface area (Å²) in [5.74, 6) is -0.0168. The van der Waals surface area contributed by atoms with Crippen molar-refractivity contribution in [1.82, 2.24) is 4.98 Å². The van der Waals surface area contributed by atoms with Crippen molar-refractivity contribution in [3.63, 3.8) is 0 Å². The molecule has 23 heavy (non-hydrogen) atoms. The van der Waals surface area contributed by atoms with Crippen molar-refractivity contribution in [2.24, 2.45) is 0 Å². The maximum Gasteiger partial charge on any atom is 0.237 e. The molecule has 4 rings (SSSR count). The zero-order valence-electron chi connectivity index (χ0n) is 12.5. The van der Waals surface area contributed by atoms with Crippen molar-refractivity contribution in [3.8, 4) is 0 Å². The molecule has 3 nitrogen and oxygen atoms in total. The number of rotatable bonds is 3. The highest BCUT2D eigenvalue weighted by molar-refractivity contribution is 6.06. The van der Waals surface area contributed by atoms with E-state index in [0.717, 1.165) is 16.8 Å². The van der Waals surface area contributed by atoms with Crippen LogP contribution in [0.2, 0.25) is 0 Å². The molecule has 0 spiro atoms. The van der Waals surface area contributed by atoms with Gasteiger partial charge >= 0.3 is 0 Å². The first-order valence-corrected chi connectivity index (χ1v) is 7.69. The summed E-state index contributed by atoms with van der Waals surface area (Å²) >= 11 is 0. The van der Waals surface area contributed by atoms with Crippen LogP contribution in [0.4, 0.5) is 5.69 Å². The molecule has 0 N–H and O–H groups in total. The van der Waals surface area contributed by atoms with Crippen molar-refractivity contribution >= 4 is 11.6 Å². The summed E-state index contributed by atoms with van der Waals surface area (Å²) in [6, 6.07) is 24.0. The molecule has 1 amide bonds. The average molecular weight is 300 g/mol. The van der Waals surface area contributed by atoms with Crippen LogP contribution < -0.4 is 4.90 Å². The lowest BCUT2D eigenvalue weighted by Crippen LogP contribution is -2.53. The Bertz CT molecular complexity index is 753. The Hall–Kier alpha value is -2.94. The second-order valence-electron chi connectivity index (χ2n) is 5.66. The van der Waals surface area contributed by atoms with Gasteiger partial charge in [0, 0.05) is 6.20 Å². The summed E-state index contributed by atoms with van der Waals surface area (Å²) in [6.45, 7) is 0. The number of anilines is 1. The first-order valence-electron chi connectivity index (χ1n) is 7.69. The van der Waals surface area contributed by atoms with Gasteiger partial charge in [-0.2, -0.15) is 0 Å². The number of benzene rings is 2. The summed E-state index contributed by atoms with van der Waals surface area (Å²) in [5, 5.41) is 0. The Labute approximate surface area is 135 Å². The Morgan fingerprint density at radius 1 is 0.783 bits per heavy atom. The van der Waals surface area contributed by atoms with E-state index in [2.05, 4.69) is 17.1 Å². The average Bonchev–Trinajstić information content (AvgIpc) is 2.62. The van der Waals surface area contributed by atoms with E-state index in [1.54, 1.807) is 12.4 Å². The Morgan fingerprint density at radius 3 is 2.04 bits per heavy atom. The number of aromatic nitrogens is 1. The number of carbonyl (C=O) groups is 1. The standard InChI is InChI=1S/C20H16N2O/c23-20-18(15-8-3-1-4-9-15)19(16-10-5-2-6-11-16)22(20)17-12-7-13-21-14-17/h1-14,18-19H. The molecule has 1 saturated heterocycles. The molecule has 2 atom stereocenters. The van der Waals surface area contributed by atoms with Gasteiger partial charge in [0.15, 0.2) is 0 Å². The lowest BCUT2D eigenvalue weighted by Gasteiger charge is -2.47. The Morgan fingerprint density at radius 2 is 1.43 bits per heavy atom. The van der Waals surface area contributed by atoms with Gasteiger partial charge in [-0.1, -0.05) is 60.7 Å². The van der Waals surface area contributed by atoms with Crippen LogP contribution in [0, 0.1) is 0 Å². The van der Waals surface area contributed by atoms with Crippen LogP contribution in [0.25, 0.3) is 0 Å². The molecule has 0 radical (unpaired) electrons. The second-order valence-corrected chi connectivity index (χ2v) is 5.66. The van der Waals surface area contributed by atoms with Gasteiger partial charge in [0.25, 0.3) is 0 Å². The fourth-order valence-corrected chi connectivity index (χ4v) is 3.25. The minimum atomic E-state index is -0.140. The van der Waals surface area contributed by atoms with Crippen LogP contribution in [0.3, 0.4) is 0 Å². The number of β-lactam (4-membered cyclic amide) rings is 1. The molecule has 1 aliphatic heterocycles. The van der Waals surface area contributed by atoms with Crippen molar-refractivity contribution in [1.29, 1.82) is 0 Å². The van der Waals surface area contributed by atoms with Crippen LogP contribution >= 0.6 is 0 Å². The monoisotopic (exact) mass is 300 g/mol. The zero-order valence-corrected chi connectivity index (χ0v) is 12.5. The third-order valence-corrected chi connectivity index (χ3v) is 4.32. The number of nitrogens with zero attached hydrogens (tertiary/aromatic N) is 2. The van der Waals surface area contributed by atoms with Crippen LogP contribution in [0.1, 0.15) is 23.1 Å². The van der Waals surface area contributed by atoms with E-state index in [-0.39, 0.29) is 17.9 Å². The fraction of sp³-hybridized carbons (Fsp3) is 0.100. The van der Waals surface area contributed by atoms with Gasteiger partial charge in [-0.25, -0.2) is 0 Å². The number of pyridine rings is 1. The number of amides is 1. The van der Waals surface area contributed by atoms with Crippen LogP contribution in [0.5, 0.6) is 0 Å². The lowest BCUT2D eigenvalue weighted by molar-refractivity contribution is -0.126. The third-order valence-electron chi connectivity index (χ3n) is 4.32. The molecule has 0 saturated carbocycles. The first-order chi connectivity index (χ1) is 11.4. The van der Waals surface area contributed by atoms with E-state index < -0.39 is 0 Å². The second kappa shape index (κ2) is 5.69. The lowest BCUT2D eigenvalue weighted by atomic mass is 9.77. The maximum atomic E-state index is 12.8. The number of carbonyl (C=O) groups excluding carboxylic acids is 1. The molecule has 0 bridgehead atoms. The van der Waals surface area contributed by atoms with Gasteiger partial charge in [0.1, 0.15) is 0 Å². The Kier molecular flexibility index (Phi) is 3.39. The normalized spacial score (nSPS) is 20.2. The molecular weight excluding hydrogens is 284 g/mol. The summed E-state index contributed by atoms with van der Waals surface area (Å²) < 4.78 is 0. The summed E-state index contributed by atoms with van der Waals surface area (Å²) in [7, 11) is 0. The van der Waals surface area contributed by atoms with Crippen LogP contribution in [0.15, 0.2) is 85.2 Å². The van der Waals surface area contributed by atoms with Crippen molar-refractivity contribution in [3.05, 3.63) is 96.3 Å². The third kappa shape index (κ3) is 2.30. The van der Waals surface area contributed by atoms with E-state index in [0.29, 0.717) is 0 Å². The summed E-state index contributed by atoms with van der Waals surface area (Å²) in [4.78, 5) is 18.8. The highest BCUT2D eigenvalue weighted by Gasteiger charge is 2.49. The van der Waals surface area contributed by atoms with Gasteiger partial charge in [-0.15, -0.1) is 0 Å². The highest BCUT2D eigenvalue weighted by Crippen LogP contribution is 2.48. The molecule has 2 unspecified atom stereocenters. The predicted octanol–water partition coefficient (Wildman–Crippen LogP) is 3.95. The van der Waals surface area contributed by atoms with E-state index in [1.807, 2.05) is 65.6 Å². The van der Waals surface area contributed by atoms with Gasteiger partial charge in [-0.05, 0) is 23.3 Å². The highest BCUT2D eigenvalue weighted by atomic mass is 16.2. The van der Waals surface area contributed by atoms with E-state index >= 15 is 0 Å². The summed E-state index contributed by atoms with van der Waals surface area (Å²) in [5.41, 5.74) is 3.05. The molecule has 1 aromatic heterocycles. The molecule has 2 aromatic carbocycles. The molecular formula is C20H16N2O.